The van der Waals surface area contributed by atoms with Crippen LogP contribution in [0.4, 0.5) is 0 Å². The molecule has 0 fully saturated rings. The maximum Gasteiger partial charge on any atom is 0.0609 e. The summed E-state index contributed by atoms with van der Waals surface area (Å²) in [6, 6.07) is 10.4. The van der Waals surface area contributed by atoms with E-state index >= 15 is 0 Å². The molecule has 1 rings (SSSR count). The van der Waals surface area contributed by atoms with Crippen LogP contribution in [-0.4, -0.2) is 13.2 Å². The van der Waals surface area contributed by atoms with Crippen molar-refractivity contribution in [3.05, 3.63) is 35.9 Å². The quantitative estimate of drug-likeness (QED) is 0.667. The van der Waals surface area contributed by atoms with Crippen molar-refractivity contribution in [2.45, 2.75) is 25.9 Å². The summed E-state index contributed by atoms with van der Waals surface area (Å²) < 4.78 is 5.27. The van der Waals surface area contributed by atoms with Gasteiger partial charge in [-0.1, -0.05) is 37.3 Å². The first-order valence-electron chi connectivity index (χ1n) is 4.33. The summed E-state index contributed by atoms with van der Waals surface area (Å²) in [7, 11) is 1.75. The van der Waals surface area contributed by atoms with Crippen LogP contribution in [0.2, 0.25) is 0 Å². The molecule has 0 radical (unpaired) electrons. The summed E-state index contributed by atoms with van der Waals surface area (Å²) in [5.74, 6) is 0.469. The highest BCUT2D eigenvalue weighted by atomic mass is 16.5. The summed E-state index contributed by atoms with van der Waals surface area (Å²) in [6.45, 7) is 4.28. The van der Waals surface area contributed by atoms with Crippen LogP contribution in [0.25, 0.3) is 0 Å². The minimum absolute atomic E-state index is 0.285. The molecule has 0 aromatic heterocycles. The number of benzene rings is 1. The maximum absolute atomic E-state index is 5.27. The zero-order valence-electron chi connectivity index (χ0n) is 7.95. The Morgan fingerprint density at radius 1 is 1.08 bits per heavy atom. The first-order chi connectivity index (χ1) is 5.75. The molecule has 0 aliphatic carbocycles. The Balaban J connectivity index is 2.71. The molecule has 1 aromatic carbocycles. The highest BCUT2D eigenvalue weighted by Crippen LogP contribution is 2.19. The van der Waals surface area contributed by atoms with E-state index in [1.54, 1.807) is 7.11 Å². The van der Waals surface area contributed by atoms with Gasteiger partial charge in [-0.3, -0.25) is 0 Å². The second kappa shape index (κ2) is 4.27. The first kappa shape index (κ1) is 9.27. The van der Waals surface area contributed by atoms with Gasteiger partial charge in [-0.25, -0.2) is 0 Å². The van der Waals surface area contributed by atoms with Crippen LogP contribution in [0.3, 0.4) is 0 Å². The fourth-order valence-electron chi connectivity index (χ4n) is 1.23. The number of methoxy groups -OCH3 is 1. The predicted octanol–water partition coefficient (Wildman–Crippen LogP) is 2.83. The van der Waals surface area contributed by atoms with Crippen molar-refractivity contribution < 1.29 is 4.74 Å². The molecule has 0 bridgehead atoms. The highest BCUT2D eigenvalue weighted by Gasteiger charge is 2.12. The molecule has 0 saturated carbocycles. The molecule has 0 aliphatic rings. The monoisotopic (exact) mass is 164 g/mol. The van der Waals surface area contributed by atoms with Crippen molar-refractivity contribution in [3.8, 4) is 0 Å². The van der Waals surface area contributed by atoms with Gasteiger partial charge in [0.05, 0.1) is 6.10 Å². The first-order valence-corrected chi connectivity index (χ1v) is 4.33. The molecule has 1 unspecified atom stereocenters. The molecule has 1 nitrogen and oxygen atoms in total. The van der Waals surface area contributed by atoms with Crippen molar-refractivity contribution >= 4 is 0 Å². The zero-order chi connectivity index (χ0) is 8.97. The Kier molecular flexibility index (Phi) is 3.30. The number of hydrogen-bond acceptors (Lipinski definition) is 1. The molecular weight excluding hydrogens is 148 g/mol. The highest BCUT2D eigenvalue weighted by molar-refractivity contribution is 5.19. The second-order valence-electron chi connectivity index (χ2n) is 3.14. The fourth-order valence-corrected chi connectivity index (χ4v) is 1.23. The van der Waals surface area contributed by atoms with Crippen LogP contribution >= 0.6 is 0 Å². The molecule has 1 heteroatoms. The van der Waals surface area contributed by atoms with Crippen LogP contribution in [0.15, 0.2) is 30.3 Å². The van der Waals surface area contributed by atoms with Gasteiger partial charge < -0.3 is 4.74 Å². The van der Waals surface area contributed by atoms with Gasteiger partial charge in [0.25, 0.3) is 0 Å². The molecule has 66 valence electrons. The molecule has 0 spiro atoms. The zero-order valence-corrected chi connectivity index (χ0v) is 7.95. The lowest BCUT2D eigenvalue weighted by molar-refractivity contribution is 0.0990. The molecule has 0 amide bonds. The lowest BCUT2D eigenvalue weighted by Crippen LogP contribution is -2.13. The van der Waals surface area contributed by atoms with E-state index in [0.29, 0.717) is 5.92 Å². The van der Waals surface area contributed by atoms with Crippen LogP contribution in [0.1, 0.15) is 25.3 Å². The van der Waals surface area contributed by atoms with Gasteiger partial charge in [0.2, 0.25) is 0 Å². The number of rotatable bonds is 3. The predicted molar refractivity (Wildman–Crippen MR) is 51.3 cm³/mol. The van der Waals surface area contributed by atoms with Crippen molar-refractivity contribution in [3.63, 3.8) is 0 Å². The van der Waals surface area contributed by atoms with Crippen molar-refractivity contribution in [2.24, 2.45) is 0 Å². The van der Waals surface area contributed by atoms with Gasteiger partial charge in [0.1, 0.15) is 0 Å². The molecule has 0 N–H and O–H groups in total. The van der Waals surface area contributed by atoms with Gasteiger partial charge in [0.15, 0.2) is 0 Å². The molecule has 0 aliphatic heterocycles. The Hall–Kier alpha value is -0.820. The third-order valence-corrected chi connectivity index (χ3v) is 2.40. The number of hydrogen-bond donors (Lipinski definition) is 0. The van der Waals surface area contributed by atoms with E-state index in [2.05, 4.69) is 38.1 Å². The van der Waals surface area contributed by atoms with Gasteiger partial charge in [-0.2, -0.15) is 0 Å². The van der Waals surface area contributed by atoms with Gasteiger partial charge in [-0.15, -0.1) is 0 Å². The van der Waals surface area contributed by atoms with Gasteiger partial charge in [-0.05, 0) is 12.5 Å². The molecule has 1 aromatic rings. The van der Waals surface area contributed by atoms with Crippen molar-refractivity contribution in [1.29, 1.82) is 0 Å². The van der Waals surface area contributed by atoms with E-state index in [0.717, 1.165) is 0 Å². The molecular formula is C11H16O. The van der Waals surface area contributed by atoms with Crippen LogP contribution in [0.5, 0.6) is 0 Å². The largest absolute Gasteiger partial charge is 0.381 e. The molecule has 0 heterocycles. The summed E-state index contributed by atoms with van der Waals surface area (Å²) in [5, 5.41) is 0. The van der Waals surface area contributed by atoms with Crippen LogP contribution < -0.4 is 0 Å². The summed E-state index contributed by atoms with van der Waals surface area (Å²) >= 11 is 0. The van der Waals surface area contributed by atoms with Crippen LogP contribution in [-0.2, 0) is 4.74 Å². The lowest BCUT2D eigenvalue weighted by atomic mass is 9.96. The second-order valence-corrected chi connectivity index (χ2v) is 3.14. The minimum Gasteiger partial charge on any atom is -0.381 e. The van der Waals surface area contributed by atoms with E-state index in [1.807, 2.05) is 6.07 Å². The molecule has 0 saturated heterocycles. The lowest BCUT2D eigenvalue weighted by Gasteiger charge is -2.18. The normalized spacial score (nSPS) is 15.6. The Bertz CT molecular complexity index is 218. The summed E-state index contributed by atoms with van der Waals surface area (Å²) in [6.07, 6.45) is 0.285. The van der Waals surface area contributed by atoms with E-state index in [1.165, 1.54) is 5.56 Å². The summed E-state index contributed by atoms with van der Waals surface area (Å²) in [5.41, 5.74) is 1.34. The minimum atomic E-state index is 0.285. The SMILES string of the molecule is COC(C)[C@H](C)c1ccccc1. The molecule has 12 heavy (non-hydrogen) atoms. The maximum atomic E-state index is 5.27. The Morgan fingerprint density at radius 3 is 2.17 bits per heavy atom. The standard InChI is InChI=1S/C11H16O/c1-9(10(2)12-3)11-7-5-4-6-8-11/h4-10H,1-3H3/t9-,10?/m0/s1. The van der Waals surface area contributed by atoms with Gasteiger partial charge in [0, 0.05) is 13.0 Å². The van der Waals surface area contributed by atoms with E-state index in [4.69, 9.17) is 4.74 Å². The number of ether oxygens (including phenoxy) is 1. The molecule has 2 atom stereocenters. The third kappa shape index (κ3) is 2.08. The van der Waals surface area contributed by atoms with Crippen LogP contribution in [0, 0.1) is 0 Å². The Labute approximate surface area is 74.4 Å². The van der Waals surface area contributed by atoms with Gasteiger partial charge >= 0.3 is 0 Å². The average molecular weight is 164 g/mol. The summed E-state index contributed by atoms with van der Waals surface area (Å²) in [4.78, 5) is 0. The van der Waals surface area contributed by atoms with E-state index < -0.39 is 0 Å². The topological polar surface area (TPSA) is 9.23 Å². The Morgan fingerprint density at radius 2 is 1.67 bits per heavy atom. The fraction of sp³-hybridized carbons (Fsp3) is 0.455. The van der Waals surface area contributed by atoms with E-state index in [9.17, 15) is 0 Å². The third-order valence-electron chi connectivity index (χ3n) is 2.40. The van der Waals surface area contributed by atoms with Crippen molar-refractivity contribution in [1.82, 2.24) is 0 Å². The smallest absolute Gasteiger partial charge is 0.0609 e. The van der Waals surface area contributed by atoms with E-state index in [-0.39, 0.29) is 6.10 Å². The van der Waals surface area contributed by atoms with Crippen molar-refractivity contribution in [2.75, 3.05) is 7.11 Å². The average Bonchev–Trinajstić information content (AvgIpc) is 2.17.